The predicted molar refractivity (Wildman–Crippen MR) is 89.2 cm³/mol. The molecule has 24 heavy (non-hydrogen) atoms. The van der Waals surface area contributed by atoms with Crippen LogP contribution in [0.25, 0.3) is 0 Å². The Kier molecular flexibility index (Phi) is 3.88. The van der Waals surface area contributed by atoms with Gasteiger partial charge in [-0.15, -0.1) is 0 Å². The van der Waals surface area contributed by atoms with Gasteiger partial charge in [0.05, 0.1) is 5.56 Å². The predicted octanol–water partition coefficient (Wildman–Crippen LogP) is 2.09. The van der Waals surface area contributed by atoms with E-state index in [-0.39, 0.29) is 10.5 Å². The number of rotatable bonds is 3. The highest BCUT2D eigenvalue weighted by molar-refractivity contribution is 7.90. The zero-order valence-electron chi connectivity index (χ0n) is 13.2. The number of carbonyl (C=O) groups is 2. The van der Waals surface area contributed by atoms with Crippen molar-refractivity contribution in [3.05, 3.63) is 59.2 Å². The van der Waals surface area contributed by atoms with Gasteiger partial charge in [-0.3, -0.25) is 9.59 Å². The van der Waals surface area contributed by atoms with Crippen LogP contribution in [-0.2, 0) is 14.8 Å². The van der Waals surface area contributed by atoms with Gasteiger partial charge in [0.1, 0.15) is 11.4 Å². The number of nitrogens with one attached hydrogen (secondary N) is 1. The number of amides is 2. The van der Waals surface area contributed by atoms with Gasteiger partial charge >= 0.3 is 0 Å². The third-order valence-electron chi connectivity index (χ3n) is 3.94. The quantitative estimate of drug-likeness (QED) is 0.924. The summed E-state index contributed by atoms with van der Waals surface area (Å²) in [6.07, 6.45) is 0. The lowest BCUT2D eigenvalue weighted by molar-refractivity contribution is -0.116. The Morgan fingerprint density at radius 1 is 1.04 bits per heavy atom. The van der Waals surface area contributed by atoms with Gasteiger partial charge in [0, 0.05) is 5.69 Å². The van der Waals surface area contributed by atoms with Crippen LogP contribution in [0.4, 0.5) is 5.69 Å². The minimum absolute atomic E-state index is 0.0603. The lowest BCUT2D eigenvalue weighted by atomic mass is 10.1. The Hall–Kier alpha value is -2.67. The molecule has 7 heteroatoms. The number of anilines is 1. The van der Waals surface area contributed by atoms with Gasteiger partial charge in [-0.1, -0.05) is 30.3 Å². The fourth-order valence-corrected chi connectivity index (χ4v) is 4.23. The molecule has 0 saturated heterocycles. The molecule has 3 rings (SSSR count). The molecule has 1 heterocycles. The SMILES string of the molecule is Cc1cccc(C)c1NC(=O)CN1C(=O)c2ccccc2S1(=O)=O. The Bertz CT molecular complexity index is 931. The molecular weight excluding hydrogens is 328 g/mol. The Labute approximate surface area is 140 Å². The van der Waals surface area contributed by atoms with E-state index in [1.54, 1.807) is 12.1 Å². The van der Waals surface area contributed by atoms with Gasteiger partial charge < -0.3 is 5.32 Å². The lowest BCUT2D eigenvalue weighted by Gasteiger charge is -2.16. The smallest absolute Gasteiger partial charge is 0.269 e. The van der Waals surface area contributed by atoms with E-state index < -0.39 is 28.4 Å². The first kappa shape index (κ1) is 16.2. The first-order valence-electron chi connectivity index (χ1n) is 7.34. The van der Waals surface area contributed by atoms with Crippen molar-refractivity contribution in [2.45, 2.75) is 18.7 Å². The first-order chi connectivity index (χ1) is 11.3. The number of hydrogen-bond acceptors (Lipinski definition) is 4. The number of hydrogen-bond donors (Lipinski definition) is 1. The summed E-state index contributed by atoms with van der Waals surface area (Å²) in [7, 11) is -3.98. The molecule has 0 aliphatic carbocycles. The van der Waals surface area contributed by atoms with Gasteiger partial charge in [0.2, 0.25) is 5.91 Å². The molecular formula is C17H16N2O4S. The Morgan fingerprint density at radius 2 is 1.67 bits per heavy atom. The van der Waals surface area contributed by atoms with Crippen LogP contribution in [0, 0.1) is 13.8 Å². The van der Waals surface area contributed by atoms with Crippen LogP contribution in [0.2, 0.25) is 0 Å². The maximum Gasteiger partial charge on any atom is 0.269 e. The highest BCUT2D eigenvalue weighted by Gasteiger charge is 2.41. The highest BCUT2D eigenvalue weighted by atomic mass is 32.2. The van der Waals surface area contributed by atoms with Gasteiger partial charge in [0.15, 0.2) is 0 Å². The Morgan fingerprint density at radius 3 is 2.29 bits per heavy atom. The van der Waals surface area contributed by atoms with Crippen molar-refractivity contribution in [2.24, 2.45) is 0 Å². The van der Waals surface area contributed by atoms with Gasteiger partial charge in [-0.2, -0.15) is 0 Å². The van der Waals surface area contributed by atoms with Crippen molar-refractivity contribution in [1.82, 2.24) is 4.31 Å². The highest BCUT2D eigenvalue weighted by Crippen LogP contribution is 2.29. The number of aryl methyl sites for hydroxylation is 2. The topological polar surface area (TPSA) is 83.6 Å². The number of fused-ring (bicyclic) bond motifs is 1. The monoisotopic (exact) mass is 344 g/mol. The molecule has 2 aromatic rings. The van der Waals surface area contributed by atoms with Crippen molar-refractivity contribution in [2.75, 3.05) is 11.9 Å². The van der Waals surface area contributed by atoms with Gasteiger partial charge in [-0.05, 0) is 37.1 Å². The molecule has 0 saturated carbocycles. The van der Waals surface area contributed by atoms with E-state index in [0.717, 1.165) is 11.1 Å². The average molecular weight is 344 g/mol. The number of nitrogens with zero attached hydrogens (tertiary/aromatic N) is 1. The second-order valence-corrected chi connectivity index (χ2v) is 7.46. The number of para-hydroxylation sites is 1. The van der Waals surface area contributed by atoms with Crippen molar-refractivity contribution >= 4 is 27.5 Å². The van der Waals surface area contributed by atoms with Crippen molar-refractivity contribution in [1.29, 1.82) is 0 Å². The third-order valence-corrected chi connectivity index (χ3v) is 5.73. The molecule has 6 nitrogen and oxygen atoms in total. The van der Waals surface area contributed by atoms with Crippen LogP contribution < -0.4 is 5.32 Å². The van der Waals surface area contributed by atoms with Crippen LogP contribution in [0.5, 0.6) is 0 Å². The maximum atomic E-state index is 12.4. The number of carbonyl (C=O) groups excluding carboxylic acids is 2. The molecule has 0 aromatic heterocycles. The summed E-state index contributed by atoms with van der Waals surface area (Å²) in [4.78, 5) is 24.5. The molecule has 1 aliphatic rings. The van der Waals surface area contributed by atoms with Crippen LogP contribution in [0.3, 0.4) is 0 Å². The summed E-state index contributed by atoms with van der Waals surface area (Å²) in [5, 5.41) is 2.69. The second-order valence-electron chi connectivity index (χ2n) is 5.63. The second kappa shape index (κ2) is 5.76. The molecule has 2 amide bonds. The largest absolute Gasteiger partial charge is 0.324 e. The van der Waals surface area contributed by atoms with E-state index in [9.17, 15) is 18.0 Å². The van der Waals surface area contributed by atoms with E-state index in [4.69, 9.17) is 0 Å². The molecule has 0 unspecified atom stereocenters. The molecule has 0 radical (unpaired) electrons. The van der Waals surface area contributed by atoms with Crippen molar-refractivity contribution in [3.8, 4) is 0 Å². The van der Waals surface area contributed by atoms with Crippen LogP contribution >= 0.6 is 0 Å². The van der Waals surface area contributed by atoms with E-state index in [2.05, 4.69) is 5.32 Å². The minimum atomic E-state index is -3.98. The Balaban J connectivity index is 1.85. The van der Waals surface area contributed by atoms with Gasteiger partial charge in [-0.25, -0.2) is 12.7 Å². The summed E-state index contributed by atoms with van der Waals surface area (Å²) >= 11 is 0. The fourth-order valence-electron chi connectivity index (χ4n) is 2.71. The molecule has 1 aliphatic heterocycles. The summed E-state index contributed by atoms with van der Waals surface area (Å²) in [5.74, 6) is -1.24. The van der Waals surface area contributed by atoms with E-state index >= 15 is 0 Å². The molecule has 124 valence electrons. The maximum absolute atomic E-state index is 12.4. The van der Waals surface area contributed by atoms with Gasteiger partial charge in [0.25, 0.3) is 15.9 Å². The van der Waals surface area contributed by atoms with Crippen LogP contribution in [-0.4, -0.2) is 31.1 Å². The molecule has 0 spiro atoms. The molecule has 1 N–H and O–H groups in total. The van der Waals surface area contributed by atoms with E-state index in [1.807, 2.05) is 32.0 Å². The first-order valence-corrected chi connectivity index (χ1v) is 8.78. The molecule has 0 atom stereocenters. The standard InChI is InChI=1S/C17H16N2O4S/c1-11-6-5-7-12(2)16(11)18-15(20)10-19-17(21)13-8-3-4-9-14(13)24(19,22)23/h3-9H,10H2,1-2H3,(H,18,20). The molecule has 2 aromatic carbocycles. The average Bonchev–Trinajstić information content (AvgIpc) is 2.73. The van der Waals surface area contributed by atoms with Crippen molar-refractivity contribution in [3.63, 3.8) is 0 Å². The van der Waals surface area contributed by atoms with Crippen molar-refractivity contribution < 1.29 is 18.0 Å². The summed E-state index contributed by atoms with van der Waals surface area (Å²) < 4.78 is 25.5. The lowest BCUT2D eigenvalue weighted by Crippen LogP contribution is -2.37. The van der Waals surface area contributed by atoms with E-state index in [0.29, 0.717) is 9.99 Å². The van der Waals surface area contributed by atoms with E-state index in [1.165, 1.54) is 12.1 Å². The third kappa shape index (κ3) is 2.56. The summed E-state index contributed by atoms with van der Waals surface area (Å²) in [6, 6.07) is 11.5. The number of benzene rings is 2. The summed E-state index contributed by atoms with van der Waals surface area (Å²) in [6.45, 7) is 3.13. The summed E-state index contributed by atoms with van der Waals surface area (Å²) in [5.41, 5.74) is 2.45. The van der Waals surface area contributed by atoms with Crippen LogP contribution in [0.15, 0.2) is 47.4 Å². The zero-order valence-corrected chi connectivity index (χ0v) is 14.1. The van der Waals surface area contributed by atoms with Crippen LogP contribution in [0.1, 0.15) is 21.5 Å². The fraction of sp³-hybridized carbons (Fsp3) is 0.176. The molecule has 0 fully saturated rings. The molecule has 0 bridgehead atoms. The normalized spacial score (nSPS) is 15.2. The number of sulfonamides is 1. The zero-order chi connectivity index (χ0) is 17.5. The minimum Gasteiger partial charge on any atom is -0.324 e.